The number of Topliss-reactive ketones (excluding diaryl/α,β-unsaturated/α-hetero) is 1. The number of carbonyl (C=O) groups is 2. The van der Waals surface area contributed by atoms with Gasteiger partial charge < -0.3 is 14.8 Å². The van der Waals surface area contributed by atoms with Gasteiger partial charge in [-0.2, -0.15) is 0 Å². The lowest BCUT2D eigenvalue weighted by Gasteiger charge is -2.12. The highest BCUT2D eigenvalue weighted by atomic mass is 16.5. The smallest absolute Gasteiger partial charge is 0.222 e. The molecule has 5 nitrogen and oxygen atoms in total. The Hall–Kier alpha value is -0.940. The van der Waals surface area contributed by atoms with Crippen molar-refractivity contribution < 1.29 is 19.1 Å². The minimum Gasteiger partial charge on any atom is -0.379 e. The third-order valence-electron chi connectivity index (χ3n) is 3.66. The first kappa shape index (κ1) is 22.1. The lowest BCUT2D eigenvalue weighted by atomic mass is 9.95. The third kappa shape index (κ3) is 13.2. The van der Waals surface area contributed by atoms with E-state index in [2.05, 4.69) is 19.2 Å². The Morgan fingerprint density at radius 2 is 1.48 bits per heavy atom. The van der Waals surface area contributed by atoms with Crippen LogP contribution in [0, 0.1) is 17.8 Å². The first-order chi connectivity index (χ1) is 10.8. The van der Waals surface area contributed by atoms with E-state index < -0.39 is 0 Å². The van der Waals surface area contributed by atoms with Crippen LogP contribution < -0.4 is 5.32 Å². The normalized spacial score (nSPS) is 12.7. The molecule has 23 heavy (non-hydrogen) atoms. The van der Waals surface area contributed by atoms with E-state index in [1.165, 1.54) is 0 Å². The molecule has 0 rings (SSSR count). The molecule has 0 aromatic heterocycles. The summed E-state index contributed by atoms with van der Waals surface area (Å²) in [5.74, 6) is 1.09. The Labute approximate surface area is 141 Å². The second-order valence-electron chi connectivity index (χ2n) is 6.76. The quantitative estimate of drug-likeness (QED) is 0.498. The SMILES string of the molecule is CC(C)CCC(C)C(=O)CCOCCOCCNC(=O)C(C)C. The minimum absolute atomic E-state index is 0.00111. The van der Waals surface area contributed by atoms with Crippen molar-refractivity contribution in [1.82, 2.24) is 5.32 Å². The van der Waals surface area contributed by atoms with Gasteiger partial charge in [-0.1, -0.05) is 41.0 Å². The van der Waals surface area contributed by atoms with Gasteiger partial charge in [0.2, 0.25) is 5.91 Å². The van der Waals surface area contributed by atoms with Crippen molar-refractivity contribution in [2.75, 3.05) is 33.0 Å². The molecule has 1 amide bonds. The number of hydrogen-bond acceptors (Lipinski definition) is 4. The van der Waals surface area contributed by atoms with E-state index in [0.717, 1.165) is 12.8 Å². The van der Waals surface area contributed by atoms with Crippen LogP contribution in [0.2, 0.25) is 0 Å². The van der Waals surface area contributed by atoms with E-state index in [-0.39, 0.29) is 23.5 Å². The summed E-state index contributed by atoms with van der Waals surface area (Å²) in [7, 11) is 0. The van der Waals surface area contributed by atoms with Crippen molar-refractivity contribution in [3.63, 3.8) is 0 Å². The highest BCUT2D eigenvalue weighted by molar-refractivity contribution is 5.80. The predicted octanol–water partition coefficient (Wildman–Crippen LogP) is 2.82. The summed E-state index contributed by atoms with van der Waals surface area (Å²) in [5.41, 5.74) is 0. The average Bonchev–Trinajstić information content (AvgIpc) is 2.50. The molecule has 0 heterocycles. The second kappa shape index (κ2) is 13.5. The molecule has 1 N–H and O–H groups in total. The van der Waals surface area contributed by atoms with Crippen molar-refractivity contribution in [2.45, 2.75) is 53.9 Å². The number of amides is 1. The van der Waals surface area contributed by atoms with Crippen LogP contribution in [0.5, 0.6) is 0 Å². The second-order valence-corrected chi connectivity index (χ2v) is 6.76. The molecule has 1 atom stereocenters. The van der Waals surface area contributed by atoms with Crippen LogP contribution in [0.25, 0.3) is 0 Å². The fraction of sp³-hybridized carbons (Fsp3) is 0.889. The number of hydrogen-bond donors (Lipinski definition) is 1. The molecular weight excluding hydrogens is 294 g/mol. The highest BCUT2D eigenvalue weighted by Crippen LogP contribution is 2.13. The van der Waals surface area contributed by atoms with Gasteiger partial charge in [-0.15, -0.1) is 0 Å². The minimum atomic E-state index is -0.00111. The van der Waals surface area contributed by atoms with Crippen molar-refractivity contribution >= 4 is 11.7 Å². The van der Waals surface area contributed by atoms with E-state index >= 15 is 0 Å². The predicted molar refractivity (Wildman–Crippen MR) is 92.3 cm³/mol. The zero-order valence-corrected chi connectivity index (χ0v) is 15.5. The van der Waals surface area contributed by atoms with Gasteiger partial charge in [-0.05, 0) is 12.3 Å². The Balaban J connectivity index is 3.42. The van der Waals surface area contributed by atoms with Crippen LogP contribution >= 0.6 is 0 Å². The molecule has 0 aliphatic carbocycles. The number of ketones is 1. The molecule has 0 aliphatic rings. The monoisotopic (exact) mass is 329 g/mol. The lowest BCUT2D eigenvalue weighted by Crippen LogP contribution is -2.31. The number of carbonyl (C=O) groups excluding carboxylic acids is 2. The Kier molecular flexibility index (Phi) is 12.9. The fourth-order valence-electron chi connectivity index (χ4n) is 1.94. The summed E-state index contributed by atoms with van der Waals surface area (Å²) in [4.78, 5) is 23.2. The van der Waals surface area contributed by atoms with Gasteiger partial charge in [0.15, 0.2) is 0 Å². The highest BCUT2D eigenvalue weighted by Gasteiger charge is 2.13. The largest absolute Gasteiger partial charge is 0.379 e. The molecule has 5 heteroatoms. The molecule has 0 aliphatic heterocycles. The zero-order chi connectivity index (χ0) is 17.7. The fourth-order valence-corrected chi connectivity index (χ4v) is 1.94. The molecular formula is C18H35NO4. The molecule has 0 saturated heterocycles. The van der Waals surface area contributed by atoms with Crippen LogP contribution in [-0.2, 0) is 19.1 Å². The van der Waals surface area contributed by atoms with Gasteiger partial charge in [-0.25, -0.2) is 0 Å². The summed E-state index contributed by atoms with van der Waals surface area (Å²) in [6.07, 6.45) is 2.53. The Morgan fingerprint density at radius 1 is 0.870 bits per heavy atom. The van der Waals surface area contributed by atoms with E-state index in [9.17, 15) is 9.59 Å². The van der Waals surface area contributed by atoms with Gasteiger partial charge in [0, 0.05) is 24.8 Å². The first-order valence-corrected chi connectivity index (χ1v) is 8.80. The van der Waals surface area contributed by atoms with Crippen molar-refractivity contribution in [1.29, 1.82) is 0 Å². The Morgan fingerprint density at radius 3 is 2.04 bits per heavy atom. The number of rotatable bonds is 14. The maximum Gasteiger partial charge on any atom is 0.222 e. The molecule has 0 spiro atoms. The van der Waals surface area contributed by atoms with E-state index in [4.69, 9.17) is 9.47 Å². The maximum absolute atomic E-state index is 11.9. The van der Waals surface area contributed by atoms with Gasteiger partial charge in [0.05, 0.1) is 26.4 Å². The standard InChI is InChI=1S/C18H35NO4/c1-14(2)6-7-16(5)17(20)8-10-22-12-13-23-11-9-19-18(21)15(3)4/h14-16H,6-13H2,1-5H3,(H,19,21). The molecule has 0 saturated carbocycles. The van der Waals surface area contributed by atoms with Crippen LogP contribution in [0.1, 0.15) is 53.9 Å². The summed E-state index contributed by atoms with van der Waals surface area (Å²) >= 11 is 0. The molecule has 0 aromatic rings. The lowest BCUT2D eigenvalue weighted by molar-refractivity contribution is -0.124. The molecule has 0 aromatic carbocycles. The van der Waals surface area contributed by atoms with Crippen molar-refractivity contribution in [2.24, 2.45) is 17.8 Å². The molecule has 136 valence electrons. The van der Waals surface area contributed by atoms with E-state index in [1.54, 1.807) is 0 Å². The molecule has 0 bridgehead atoms. The van der Waals surface area contributed by atoms with Gasteiger partial charge in [0.25, 0.3) is 0 Å². The summed E-state index contributed by atoms with van der Waals surface area (Å²) < 4.78 is 10.8. The van der Waals surface area contributed by atoms with Crippen molar-refractivity contribution in [3.05, 3.63) is 0 Å². The van der Waals surface area contributed by atoms with E-state index in [0.29, 0.717) is 45.3 Å². The maximum atomic E-state index is 11.9. The van der Waals surface area contributed by atoms with Crippen molar-refractivity contribution in [3.8, 4) is 0 Å². The van der Waals surface area contributed by atoms with Crippen LogP contribution in [0.15, 0.2) is 0 Å². The zero-order valence-electron chi connectivity index (χ0n) is 15.5. The topological polar surface area (TPSA) is 64.6 Å². The van der Waals surface area contributed by atoms with Crippen LogP contribution in [-0.4, -0.2) is 44.7 Å². The number of ether oxygens (including phenoxy) is 2. The Bertz CT molecular complexity index is 329. The number of nitrogens with one attached hydrogen (secondary N) is 1. The van der Waals surface area contributed by atoms with Crippen LogP contribution in [0.4, 0.5) is 0 Å². The summed E-state index contributed by atoms with van der Waals surface area (Å²) in [6, 6.07) is 0. The molecule has 0 radical (unpaired) electrons. The van der Waals surface area contributed by atoms with Crippen LogP contribution in [0.3, 0.4) is 0 Å². The van der Waals surface area contributed by atoms with E-state index in [1.807, 2.05) is 20.8 Å². The average molecular weight is 329 g/mol. The molecule has 1 unspecified atom stereocenters. The van der Waals surface area contributed by atoms with Gasteiger partial charge >= 0.3 is 0 Å². The third-order valence-corrected chi connectivity index (χ3v) is 3.66. The van der Waals surface area contributed by atoms with Gasteiger partial charge in [0.1, 0.15) is 5.78 Å². The van der Waals surface area contributed by atoms with Gasteiger partial charge in [-0.3, -0.25) is 9.59 Å². The first-order valence-electron chi connectivity index (χ1n) is 8.80. The molecule has 0 fully saturated rings. The summed E-state index contributed by atoms with van der Waals surface area (Å²) in [6.45, 7) is 12.5. The summed E-state index contributed by atoms with van der Waals surface area (Å²) in [5, 5.41) is 2.78.